The van der Waals surface area contributed by atoms with Gasteiger partial charge in [-0.3, -0.25) is 4.79 Å². The average Bonchev–Trinajstić information content (AvgIpc) is 2.47. The van der Waals surface area contributed by atoms with Crippen molar-refractivity contribution in [3.8, 4) is 11.1 Å². The third kappa shape index (κ3) is 2.05. The number of aromatic nitrogens is 2. The summed E-state index contributed by atoms with van der Waals surface area (Å²) in [4.78, 5) is 20.8. The molecule has 0 spiro atoms. The Balaban J connectivity index is 2.23. The summed E-state index contributed by atoms with van der Waals surface area (Å²) in [5, 5.41) is 1.63. The van der Waals surface area contributed by atoms with Gasteiger partial charge in [-0.1, -0.05) is 6.07 Å². The van der Waals surface area contributed by atoms with Gasteiger partial charge in [-0.15, -0.1) is 0 Å². The van der Waals surface area contributed by atoms with Crippen LogP contribution in [0.1, 0.15) is 0 Å². The van der Waals surface area contributed by atoms with Crippen LogP contribution >= 0.6 is 0 Å². The van der Waals surface area contributed by atoms with Crippen molar-refractivity contribution in [3.05, 3.63) is 59.1 Å². The zero-order valence-corrected chi connectivity index (χ0v) is 11.4. The quantitative estimate of drug-likeness (QED) is 0.775. The minimum Gasteiger partial charge on any atom is -0.362 e. The van der Waals surface area contributed by atoms with Gasteiger partial charge in [0.2, 0.25) is 0 Å². The summed E-state index contributed by atoms with van der Waals surface area (Å²) in [5.74, 6) is 0.914. The van der Waals surface area contributed by atoms with Crippen molar-refractivity contribution in [1.29, 1.82) is 0 Å². The van der Waals surface area contributed by atoms with Crippen LogP contribution in [0.2, 0.25) is 0 Å². The maximum Gasteiger partial charge on any atom is 0.255 e. The van der Waals surface area contributed by atoms with Crippen LogP contribution in [0, 0.1) is 0 Å². The minimum atomic E-state index is -0.0620. The maximum absolute atomic E-state index is 11.7. The number of hydrogen-bond donors (Lipinski definition) is 1. The molecule has 0 saturated carbocycles. The predicted molar refractivity (Wildman–Crippen MR) is 82.1 cm³/mol. The summed E-state index contributed by atoms with van der Waals surface area (Å²) in [6.45, 7) is 0. The molecule has 4 nitrogen and oxygen atoms in total. The van der Waals surface area contributed by atoms with Gasteiger partial charge in [-0.2, -0.15) is 0 Å². The lowest BCUT2D eigenvalue weighted by Gasteiger charge is -2.16. The van der Waals surface area contributed by atoms with Crippen molar-refractivity contribution >= 4 is 16.6 Å². The van der Waals surface area contributed by atoms with E-state index >= 15 is 0 Å². The Morgan fingerprint density at radius 2 is 2.00 bits per heavy atom. The monoisotopic (exact) mass is 265 g/mol. The molecule has 3 aromatic rings. The topological polar surface area (TPSA) is 49.0 Å². The molecule has 3 rings (SSSR count). The second kappa shape index (κ2) is 4.81. The first-order valence-corrected chi connectivity index (χ1v) is 6.41. The Labute approximate surface area is 116 Å². The second-order valence-electron chi connectivity index (χ2n) is 4.88. The van der Waals surface area contributed by atoms with E-state index in [2.05, 4.69) is 9.97 Å². The lowest BCUT2D eigenvalue weighted by atomic mass is 10.0. The van der Waals surface area contributed by atoms with Gasteiger partial charge in [0.15, 0.2) is 0 Å². The molecule has 0 aliphatic rings. The normalized spacial score (nSPS) is 10.7. The number of benzene rings is 1. The summed E-state index contributed by atoms with van der Waals surface area (Å²) < 4.78 is 0. The first kappa shape index (κ1) is 12.4. The Bertz CT molecular complexity index is 821. The van der Waals surface area contributed by atoms with Gasteiger partial charge in [-0.05, 0) is 41.3 Å². The Kier molecular flexibility index (Phi) is 2.99. The Morgan fingerprint density at radius 1 is 1.15 bits per heavy atom. The summed E-state index contributed by atoms with van der Waals surface area (Å²) >= 11 is 0. The van der Waals surface area contributed by atoms with Crippen LogP contribution in [0.25, 0.3) is 21.9 Å². The Hall–Kier alpha value is -2.62. The van der Waals surface area contributed by atoms with Crippen LogP contribution < -0.4 is 10.5 Å². The SMILES string of the molecule is CN(C)c1ncccc1-c1ccc2c(=O)[nH]ccc2c1. The van der Waals surface area contributed by atoms with E-state index in [0.29, 0.717) is 5.39 Å². The third-order valence-electron chi connectivity index (χ3n) is 3.29. The van der Waals surface area contributed by atoms with E-state index in [1.807, 2.05) is 55.4 Å². The molecule has 2 aromatic heterocycles. The second-order valence-corrected chi connectivity index (χ2v) is 4.88. The van der Waals surface area contributed by atoms with E-state index in [0.717, 1.165) is 22.3 Å². The van der Waals surface area contributed by atoms with E-state index in [9.17, 15) is 4.79 Å². The number of anilines is 1. The number of nitrogens with one attached hydrogen (secondary N) is 1. The molecular formula is C16H15N3O. The highest BCUT2D eigenvalue weighted by molar-refractivity contribution is 5.88. The lowest BCUT2D eigenvalue weighted by molar-refractivity contribution is 1.07. The van der Waals surface area contributed by atoms with Crippen molar-refractivity contribution in [2.45, 2.75) is 0 Å². The van der Waals surface area contributed by atoms with Gasteiger partial charge in [0, 0.05) is 37.4 Å². The minimum absolute atomic E-state index is 0.0620. The first-order chi connectivity index (χ1) is 9.66. The van der Waals surface area contributed by atoms with Gasteiger partial charge in [-0.25, -0.2) is 4.98 Å². The molecule has 1 aromatic carbocycles. The zero-order chi connectivity index (χ0) is 14.1. The number of hydrogen-bond acceptors (Lipinski definition) is 3. The van der Waals surface area contributed by atoms with Gasteiger partial charge in [0.1, 0.15) is 5.82 Å². The number of H-pyrrole nitrogens is 1. The maximum atomic E-state index is 11.7. The van der Waals surface area contributed by atoms with Gasteiger partial charge >= 0.3 is 0 Å². The smallest absolute Gasteiger partial charge is 0.255 e. The molecule has 0 aliphatic heterocycles. The molecule has 0 atom stereocenters. The van der Waals surface area contributed by atoms with Crippen molar-refractivity contribution in [1.82, 2.24) is 9.97 Å². The molecule has 0 bridgehead atoms. The van der Waals surface area contributed by atoms with Gasteiger partial charge < -0.3 is 9.88 Å². The molecule has 2 heterocycles. The predicted octanol–water partition coefficient (Wildman–Crippen LogP) is 2.66. The fourth-order valence-electron chi connectivity index (χ4n) is 2.34. The number of nitrogens with zero attached hydrogens (tertiary/aromatic N) is 2. The van der Waals surface area contributed by atoms with Crippen LogP contribution in [-0.4, -0.2) is 24.1 Å². The van der Waals surface area contributed by atoms with Crippen LogP contribution in [0.5, 0.6) is 0 Å². The summed E-state index contributed by atoms with van der Waals surface area (Å²) in [6.07, 6.45) is 3.45. The molecule has 0 fully saturated rings. The molecule has 100 valence electrons. The van der Waals surface area contributed by atoms with Crippen LogP contribution in [0.3, 0.4) is 0 Å². The molecule has 4 heteroatoms. The molecule has 1 N–H and O–H groups in total. The number of fused-ring (bicyclic) bond motifs is 1. The van der Waals surface area contributed by atoms with Crippen molar-refractivity contribution < 1.29 is 0 Å². The number of rotatable bonds is 2. The van der Waals surface area contributed by atoms with Crippen molar-refractivity contribution in [2.75, 3.05) is 19.0 Å². The van der Waals surface area contributed by atoms with Crippen molar-refractivity contribution in [2.24, 2.45) is 0 Å². The zero-order valence-electron chi connectivity index (χ0n) is 11.4. The molecule has 20 heavy (non-hydrogen) atoms. The van der Waals surface area contributed by atoms with E-state index < -0.39 is 0 Å². The first-order valence-electron chi connectivity index (χ1n) is 6.41. The molecule has 0 saturated heterocycles. The van der Waals surface area contributed by atoms with Crippen molar-refractivity contribution in [3.63, 3.8) is 0 Å². The Morgan fingerprint density at radius 3 is 2.80 bits per heavy atom. The largest absolute Gasteiger partial charge is 0.362 e. The highest BCUT2D eigenvalue weighted by atomic mass is 16.1. The molecule has 0 unspecified atom stereocenters. The molecular weight excluding hydrogens is 250 g/mol. The molecule has 0 amide bonds. The summed E-state index contributed by atoms with van der Waals surface area (Å²) in [7, 11) is 3.94. The third-order valence-corrected chi connectivity index (χ3v) is 3.29. The van der Waals surface area contributed by atoms with Crippen LogP contribution in [0.4, 0.5) is 5.82 Å². The standard InChI is InChI=1S/C16H15N3O/c1-19(2)15-13(4-3-8-17-15)11-5-6-14-12(10-11)7-9-18-16(14)20/h3-10H,1-2H3,(H,18,20). The number of pyridine rings is 2. The summed E-state index contributed by atoms with van der Waals surface area (Å²) in [6, 6.07) is 11.7. The fraction of sp³-hybridized carbons (Fsp3) is 0.125. The van der Waals surface area contributed by atoms with Crippen LogP contribution in [0.15, 0.2) is 53.6 Å². The van der Waals surface area contributed by atoms with E-state index in [1.165, 1.54) is 0 Å². The highest BCUT2D eigenvalue weighted by Crippen LogP contribution is 2.29. The van der Waals surface area contributed by atoms with E-state index in [-0.39, 0.29) is 5.56 Å². The highest BCUT2D eigenvalue weighted by Gasteiger charge is 2.08. The van der Waals surface area contributed by atoms with Crippen LogP contribution in [-0.2, 0) is 0 Å². The number of aromatic amines is 1. The average molecular weight is 265 g/mol. The summed E-state index contributed by atoms with van der Waals surface area (Å²) in [5.41, 5.74) is 2.05. The van der Waals surface area contributed by atoms with Gasteiger partial charge in [0.25, 0.3) is 5.56 Å². The lowest BCUT2D eigenvalue weighted by Crippen LogP contribution is -2.11. The fourth-order valence-corrected chi connectivity index (χ4v) is 2.34. The van der Waals surface area contributed by atoms with E-state index in [4.69, 9.17) is 0 Å². The van der Waals surface area contributed by atoms with Gasteiger partial charge in [0.05, 0.1) is 0 Å². The molecule has 0 radical (unpaired) electrons. The van der Waals surface area contributed by atoms with E-state index in [1.54, 1.807) is 12.4 Å². The molecule has 0 aliphatic carbocycles.